The van der Waals surface area contributed by atoms with Gasteiger partial charge in [-0.25, -0.2) is 4.79 Å². The molecule has 0 aromatic carbocycles. The Morgan fingerprint density at radius 2 is 2.29 bits per heavy atom. The maximum absolute atomic E-state index is 11.2. The molecule has 0 amide bonds. The molecule has 116 valence electrons. The van der Waals surface area contributed by atoms with Gasteiger partial charge in [-0.2, -0.15) is 5.10 Å². The molecule has 1 aromatic heterocycles. The molecular weight excluding hydrogens is 270 g/mol. The number of rotatable bonds is 4. The Kier molecular flexibility index (Phi) is 3.99. The van der Waals surface area contributed by atoms with Crippen molar-refractivity contribution in [3.05, 3.63) is 17.5 Å². The summed E-state index contributed by atoms with van der Waals surface area (Å²) in [6.45, 7) is 1.28. The first-order valence-electron chi connectivity index (χ1n) is 7.74. The maximum Gasteiger partial charge on any atom is 0.339 e. The van der Waals surface area contributed by atoms with Crippen molar-refractivity contribution in [2.45, 2.75) is 56.7 Å². The van der Waals surface area contributed by atoms with Crippen molar-refractivity contribution in [1.82, 2.24) is 15.1 Å². The molecule has 2 aliphatic rings. The van der Waals surface area contributed by atoms with Gasteiger partial charge in [0.05, 0.1) is 11.3 Å². The molecule has 1 saturated heterocycles. The van der Waals surface area contributed by atoms with Crippen LogP contribution in [0.25, 0.3) is 0 Å². The fourth-order valence-electron chi connectivity index (χ4n) is 3.74. The topological polar surface area (TPSA) is 76.4 Å². The number of carboxylic acids is 1. The van der Waals surface area contributed by atoms with Crippen molar-refractivity contribution in [2.24, 2.45) is 7.05 Å². The molecule has 2 heterocycles. The standard InChI is InChI=1S/C15H23N3O3/c1-18-10-11(14(19)20)12(17-18)9-16-13-5-8-21-15(13)6-3-2-4-7-15/h10,13,16H,2-9H2,1H3,(H,19,20). The Labute approximate surface area is 124 Å². The van der Waals surface area contributed by atoms with Crippen LogP contribution in [0.2, 0.25) is 0 Å². The van der Waals surface area contributed by atoms with Gasteiger partial charge in [0, 0.05) is 32.4 Å². The van der Waals surface area contributed by atoms with Crippen molar-refractivity contribution >= 4 is 5.97 Å². The summed E-state index contributed by atoms with van der Waals surface area (Å²) in [6.07, 6.45) is 8.51. The SMILES string of the molecule is Cn1cc(C(=O)O)c(CNC2CCOC23CCCCC3)n1. The second kappa shape index (κ2) is 5.77. The highest BCUT2D eigenvalue weighted by molar-refractivity contribution is 5.88. The Bertz CT molecular complexity index is 520. The molecule has 2 fully saturated rings. The molecule has 1 saturated carbocycles. The molecule has 1 aliphatic heterocycles. The summed E-state index contributed by atoms with van der Waals surface area (Å²) in [5.41, 5.74) is 0.848. The van der Waals surface area contributed by atoms with E-state index < -0.39 is 5.97 Å². The van der Waals surface area contributed by atoms with Crippen LogP contribution in [0.3, 0.4) is 0 Å². The number of hydrogen-bond donors (Lipinski definition) is 2. The molecule has 0 radical (unpaired) electrons. The Balaban J connectivity index is 1.68. The van der Waals surface area contributed by atoms with Crippen LogP contribution in [0.1, 0.15) is 54.6 Å². The average molecular weight is 293 g/mol. The summed E-state index contributed by atoms with van der Waals surface area (Å²) in [6, 6.07) is 0.307. The fourth-order valence-corrected chi connectivity index (χ4v) is 3.74. The van der Waals surface area contributed by atoms with Crippen molar-refractivity contribution in [1.29, 1.82) is 0 Å². The third kappa shape index (κ3) is 2.82. The highest BCUT2D eigenvalue weighted by Crippen LogP contribution is 2.39. The van der Waals surface area contributed by atoms with E-state index in [1.165, 1.54) is 19.3 Å². The summed E-state index contributed by atoms with van der Waals surface area (Å²) >= 11 is 0. The normalized spacial score (nSPS) is 24.5. The lowest BCUT2D eigenvalue weighted by atomic mass is 9.79. The van der Waals surface area contributed by atoms with E-state index in [0.717, 1.165) is 25.9 Å². The van der Waals surface area contributed by atoms with Crippen LogP contribution >= 0.6 is 0 Å². The Morgan fingerprint density at radius 3 is 3.00 bits per heavy atom. The van der Waals surface area contributed by atoms with Crippen molar-refractivity contribution in [3.63, 3.8) is 0 Å². The zero-order valence-corrected chi connectivity index (χ0v) is 12.5. The molecule has 6 nitrogen and oxygen atoms in total. The summed E-state index contributed by atoms with van der Waals surface area (Å²) in [4.78, 5) is 11.2. The molecule has 1 unspecified atom stereocenters. The minimum Gasteiger partial charge on any atom is -0.478 e. The van der Waals surface area contributed by atoms with Gasteiger partial charge in [-0.15, -0.1) is 0 Å². The van der Waals surface area contributed by atoms with Gasteiger partial charge in [-0.3, -0.25) is 4.68 Å². The first-order chi connectivity index (χ1) is 10.1. The number of nitrogens with zero attached hydrogens (tertiary/aromatic N) is 2. The van der Waals surface area contributed by atoms with Crippen LogP contribution in [0.4, 0.5) is 0 Å². The predicted octanol–water partition coefficient (Wildman–Crippen LogP) is 1.70. The monoisotopic (exact) mass is 293 g/mol. The van der Waals surface area contributed by atoms with E-state index in [1.54, 1.807) is 17.9 Å². The molecule has 1 aromatic rings. The lowest BCUT2D eigenvalue weighted by Gasteiger charge is -2.38. The zero-order valence-electron chi connectivity index (χ0n) is 12.5. The molecule has 21 heavy (non-hydrogen) atoms. The molecule has 6 heteroatoms. The first-order valence-corrected chi connectivity index (χ1v) is 7.74. The second-order valence-corrected chi connectivity index (χ2v) is 6.16. The van der Waals surface area contributed by atoms with Crippen molar-refractivity contribution < 1.29 is 14.6 Å². The third-order valence-electron chi connectivity index (χ3n) is 4.78. The highest BCUT2D eigenvalue weighted by Gasteiger charge is 2.44. The Hall–Kier alpha value is -1.40. The lowest BCUT2D eigenvalue weighted by molar-refractivity contribution is -0.0389. The van der Waals surface area contributed by atoms with Crippen LogP contribution < -0.4 is 5.32 Å². The smallest absolute Gasteiger partial charge is 0.339 e. The van der Waals surface area contributed by atoms with Crippen LogP contribution in [-0.4, -0.2) is 39.1 Å². The third-order valence-corrected chi connectivity index (χ3v) is 4.78. The quantitative estimate of drug-likeness (QED) is 0.883. The van der Waals surface area contributed by atoms with Gasteiger partial charge in [0.25, 0.3) is 0 Å². The number of ether oxygens (including phenoxy) is 1. The van der Waals surface area contributed by atoms with Crippen LogP contribution in [0.5, 0.6) is 0 Å². The number of hydrogen-bond acceptors (Lipinski definition) is 4. The molecule has 0 bridgehead atoms. The van der Waals surface area contributed by atoms with Crippen LogP contribution in [0, 0.1) is 0 Å². The minimum absolute atomic E-state index is 0.0313. The lowest BCUT2D eigenvalue weighted by Crippen LogP contribution is -2.48. The van der Waals surface area contributed by atoms with E-state index in [2.05, 4.69) is 10.4 Å². The number of carboxylic acid groups (broad SMARTS) is 1. The second-order valence-electron chi connectivity index (χ2n) is 6.16. The number of aryl methyl sites for hydroxylation is 1. The van der Waals surface area contributed by atoms with E-state index in [0.29, 0.717) is 18.3 Å². The highest BCUT2D eigenvalue weighted by atomic mass is 16.5. The number of aromatic carboxylic acids is 1. The van der Waals surface area contributed by atoms with Gasteiger partial charge >= 0.3 is 5.97 Å². The molecular formula is C15H23N3O3. The van der Waals surface area contributed by atoms with Gasteiger partial charge in [0.2, 0.25) is 0 Å². The van der Waals surface area contributed by atoms with Gasteiger partial charge in [0.15, 0.2) is 0 Å². The molecule has 2 N–H and O–H groups in total. The summed E-state index contributed by atoms with van der Waals surface area (Å²) in [5, 5.41) is 17.0. The van der Waals surface area contributed by atoms with Crippen LogP contribution in [-0.2, 0) is 18.3 Å². The van der Waals surface area contributed by atoms with Crippen LogP contribution in [0.15, 0.2) is 6.20 Å². The van der Waals surface area contributed by atoms with Gasteiger partial charge in [-0.1, -0.05) is 19.3 Å². The van der Waals surface area contributed by atoms with Crippen molar-refractivity contribution in [2.75, 3.05) is 6.61 Å². The van der Waals surface area contributed by atoms with Crippen molar-refractivity contribution in [3.8, 4) is 0 Å². The number of carbonyl (C=O) groups is 1. The predicted molar refractivity (Wildman–Crippen MR) is 77.2 cm³/mol. The minimum atomic E-state index is -0.921. The van der Waals surface area contributed by atoms with E-state index in [9.17, 15) is 9.90 Å². The van der Waals surface area contributed by atoms with Gasteiger partial charge in [-0.05, 0) is 19.3 Å². The average Bonchev–Trinajstić information content (AvgIpc) is 3.01. The number of aromatic nitrogens is 2. The van der Waals surface area contributed by atoms with E-state index in [-0.39, 0.29) is 11.2 Å². The Morgan fingerprint density at radius 1 is 1.52 bits per heavy atom. The maximum atomic E-state index is 11.2. The van der Waals surface area contributed by atoms with Gasteiger partial charge < -0.3 is 15.2 Å². The van der Waals surface area contributed by atoms with E-state index >= 15 is 0 Å². The first kappa shape index (κ1) is 14.5. The largest absolute Gasteiger partial charge is 0.478 e. The molecule has 1 atom stereocenters. The van der Waals surface area contributed by atoms with Gasteiger partial charge in [0.1, 0.15) is 5.56 Å². The van der Waals surface area contributed by atoms with E-state index in [4.69, 9.17) is 4.74 Å². The summed E-state index contributed by atoms with van der Waals surface area (Å²) in [7, 11) is 1.75. The zero-order chi connectivity index (χ0) is 14.9. The summed E-state index contributed by atoms with van der Waals surface area (Å²) in [5.74, 6) is -0.921. The fraction of sp³-hybridized carbons (Fsp3) is 0.733. The molecule has 3 rings (SSSR count). The van der Waals surface area contributed by atoms with E-state index in [1.807, 2.05) is 0 Å². The summed E-state index contributed by atoms with van der Waals surface area (Å²) < 4.78 is 7.62. The molecule has 1 aliphatic carbocycles. The number of nitrogens with one attached hydrogen (secondary N) is 1. The molecule has 1 spiro atoms.